The molecule has 2 amide bonds. The second-order valence-corrected chi connectivity index (χ2v) is 9.40. The van der Waals surface area contributed by atoms with E-state index in [1.807, 2.05) is 47.9 Å². The quantitative estimate of drug-likeness (QED) is 0.713. The van der Waals surface area contributed by atoms with Crippen molar-refractivity contribution in [1.82, 2.24) is 19.6 Å². The van der Waals surface area contributed by atoms with Gasteiger partial charge in [0.15, 0.2) is 0 Å². The van der Waals surface area contributed by atoms with Gasteiger partial charge in [-0.05, 0) is 69.7 Å². The summed E-state index contributed by atoms with van der Waals surface area (Å²) in [7, 11) is 0. The highest BCUT2D eigenvalue weighted by Gasteiger charge is 2.31. The number of halogens is 1. The third-order valence-corrected chi connectivity index (χ3v) is 7.34. The number of aryl methyl sites for hydroxylation is 1. The van der Waals surface area contributed by atoms with Crippen LogP contribution in [0.4, 0.5) is 0 Å². The number of rotatable bonds is 3. The van der Waals surface area contributed by atoms with Crippen LogP contribution in [-0.2, 0) is 4.79 Å². The van der Waals surface area contributed by atoms with Gasteiger partial charge in [0.25, 0.3) is 5.91 Å². The summed E-state index contributed by atoms with van der Waals surface area (Å²) in [6.07, 6.45) is 3.70. The lowest BCUT2D eigenvalue weighted by Gasteiger charge is -2.36. The first kappa shape index (κ1) is 21.9. The van der Waals surface area contributed by atoms with Crippen LogP contribution >= 0.6 is 11.6 Å². The molecule has 1 aromatic carbocycles. The van der Waals surface area contributed by atoms with Crippen LogP contribution < -0.4 is 0 Å². The highest BCUT2D eigenvalue weighted by atomic mass is 35.5. The van der Waals surface area contributed by atoms with Gasteiger partial charge in [-0.25, -0.2) is 4.68 Å². The van der Waals surface area contributed by atoms with Gasteiger partial charge in [0.1, 0.15) is 0 Å². The molecule has 2 saturated heterocycles. The summed E-state index contributed by atoms with van der Waals surface area (Å²) >= 11 is 6.25. The van der Waals surface area contributed by atoms with Gasteiger partial charge >= 0.3 is 0 Å². The minimum Gasteiger partial charge on any atom is -0.342 e. The summed E-state index contributed by atoms with van der Waals surface area (Å²) in [5, 5.41) is 5.13. The maximum absolute atomic E-state index is 13.0. The lowest BCUT2D eigenvalue weighted by Crippen LogP contribution is -2.46. The van der Waals surface area contributed by atoms with E-state index in [1.165, 1.54) is 0 Å². The number of hydrogen-bond acceptors (Lipinski definition) is 3. The van der Waals surface area contributed by atoms with Gasteiger partial charge in [-0.1, -0.05) is 18.5 Å². The van der Waals surface area contributed by atoms with E-state index in [4.69, 9.17) is 11.6 Å². The summed E-state index contributed by atoms with van der Waals surface area (Å²) in [5.41, 5.74) is 3.21. The number of carbonyl (C=O) groups is 2. The van der Waals surface area contributed by atoms with Crippen molar-refractivity contribution in [1.29, 1.82) is 0 Å². The molecule has 0 spiro atoms. The Labute approximate surface area is 189 Å². The highest BCUT2D eigenvalue weighted by molar-refractivity contribution is 6.31. The Kier molecular flexibility index (Phi) is 6.37. The van der Waals surface area contributed by atoms with Crippen molar-refractivity contribution >= 4 is 23.4 Å². The van der Waals surface area contributed by atoms with Gasteiger partial charge in [0.2, 0.25) is 5.91 Å². The van der Waals surface area contributed by atoms with Crippen LogP contribution in [0.3, 0.4) is 0 Å². The molecule has 0 radical (unpaired) electrons. The Balaban J connectivity index is 1.35. The molecule has 0 unspecified atom stereocenters. The fraction of sp³-hybridized carbons (Fsp3) is 0.542. The van der Waals surface area contributed by atoms with Gasteiger partial charge in [0.05, 0.1) is 22.1 Å². The minimum atomic E-state index is 0.0237. The zero-order valence-corrected chi connectivity index (χ0v) is 19.4. The Morgan fingerprint density at radius 2 is 1.52 bits per heavy atom. The van der Waals surface area contributed by atoms with Crippen LogP contribution in [0.5, 0.6) is 0 Å². The molecule has 2 aliphatic rings. The molecule has 1 aromatic heterocycles. The van der Waals surface area contributed by atoms with Crippen molar-refractivity contribution in [3.05, 3.63) is 46.2 Å². The van der Waals surface area contributed by atoms with Crippen molar-refractivity contribution in [2.24, 2.45) is 11.8 Å². The van der Waals surface area contributed by atoms with Crippen LogP contribution in [-0.4, -0.2) is 57.6 Å². The van der Waals surface area contributed by atoms with E-state index in [-0.39, 0.29) is 17.7 Å². The number of aromatic nitrogens is 2. The van der Waals surface area contributed by atoms with Crippen molar-refractivity contribution in [3.8, 4) is 5.69 Å². The molecule has 3 heterocycles. The van der Waals surface area contributed by atoms with Gasteiger partial charge < -0.3 is 9.80 Å². The second-order valence-electron chi connectivity index (χ2n) is 9.02. The van der Waals surface area contributed by atoms with E-state index in [0.29, 0.717) is 29.6 Å². The molecular weight excluding hydrogens is 412 g/mol. The van der Waals surface area contributed by atoms with E-state index < -0.39 is 0 Å². The van der Waals surface area contributed by atoms with Crippen LogP contribution in [0, 0.1) is 25.7 Å². The van der Waals surface area contributed by atoms with E-state index in [0.717, 1.165) is 55.8 Å². The molecule has 7 heteroatoms. The summed E-state index contributed by atoms with van der Waals surface area (Å²) in [4.78, 5) is 29.7. The van der Waals surface area contributed by atoms with E-state index >= 15 is 0 Å². The van der Waals surface area contributed by atoms with E-state index in [1.54, 1.807) is 4.68 Å². The first-order valence-corrected chi connectivity index (χ1v) is 11.6. The van der Waals surface area contributed by atoms with Gasteiger partial charge in [-0.3, -0.25) is 9.59 Å². The van der Waals surface area contributed by atoms with E-state index in [9.17, 15) is 9.59 Å². The average Bonchev–Trinajstić information content (AvgIpc) is 3.06. The number of carbonyl (C=O) groups excluding carboxylic acids is 2. The number of benzene rings is 1. The third-order valence-electron chi connectivity index (χ3n) is 6.79. The standard InChI is InChI=1S/C24H31ClN4O2/c1-16-8-12-27(13-9-16)24(31)20-10-14-28(15-11-20)23(30)19-4-6-21(7-5-19)29-18(3)22(25)17(2)26-29/h4-7,16,20H,8-15H2,1-3H3. The minimum absolute atomic E-state index is 0.0237. The lowest BCUT2D eigenvalue weighted by molar-refractivity contribution is -0.138. The van der Waals surface area contributed by atoms with Crippen LogP contribution in [0.15, 0.2) is 24.3 Å². The number of hydrogen-bond donors (Lipinski definition) is 0. The monoisotopic (exact) mass is 442 g/mol. The summed E-state index contributed by atoms with van der Waals surface area (Å²) < 4.78 is 1.80. The van der Waals surface area contributed by atoms with Gasteiger partial charge in [0, 0.05) is 37.7 Å². The Bertz CT molecular complexity index is 953. The molecule has 31 heavy (non-hydrogen) atoms. The maximum atomic E-state index is 13.0. The average molecular weight is 443 g/mol. The SMILES string of the molecule is Cc1nn(-c2ccc(C(=O)N3CCC(C(=O)N4CCC(C)CC4)CC3)cc2)c(C)c1Cl. The molecule has 2 fully saturated rings. The highest BCUT2D eigenvalue weighted by Crippen LogP contribution is 2.25. The molecule has 0 saturated carbocycles. The normalized spacial score (nSPS) is 18.5. The fourth-order valence-corrected chi connectivity index (χ4v) is 4.74. The summed E-state index contributed by atoms with van der Waals surface area (Å²) in [5.74, 6) is 1.08. The molecule has 0 atom stereocenters. The first-order chi connectivity index (χ1) is 14.8. The molecular formula is C24H31ClN4O2. The van der Waals surface area contributed by atoms with Gasteiger partial charge in [-0.15, -0.1) is 0 Å². The van der Waals surface area contributed by atoms with Crippen molar-refractivity contribution < 1.29 is 9.59 Å². The Morgan fingerprint density at radius 1 is 0.935 bits per heavy atom. The zero-order chi connectivity index (χ0) is 22.1. The maximum Gasteiger partial charge on any atom is 0.253 e. The van der Waals surface area contributed by atoms with Crippen LogP contribution in [0.2, 0.25) is 5.02 Å². The Hall–Kier alpha value is -2.34. The predicted octanol–water partition coefficient (Wildman–Crippen LogP) is 4.25. The summed E-state index contributed by atoms with van der Waals surface area (Å²) in [6.45, 7) is 9.09. The van der Waals surface area contributed by atoms with Crippen LogP contribution in [0.25, 0.3) is 5.69 Å². The Morgan fingerprint density at radius 3 is 2.06 bits per heavy atom. The second kappa shape index (κ2) is 9.03. The first-order valence-electron chi connectivity index (χ1n) is 11.3. The lowest BCUT2D eigenvalue weighted by atomic mass is 9.92. The number of likely N-dealkylation sites (tertiary alicyclic amines) is 2. The molecule has 4 rings (SSSR count). The molecule has 0 bridgehead atoms. The number of nitrogens with zero attached hydrogens (tertiary/aromatic N) is 4. The molecule has 6 nitrogen and oxygen atoms in total. The molecule has 0 N–H and O–H groups in total. The molecule has 2 aliphatic heterocycles. The smallest absolute Gasteiger partial charge is 0.253 e. The fourth-order valence-electron chi connectivity index (χ4n) is 4.62. The third kappa shape index (κ3) is 4.49. The van der Waals surface area contributed by atoms with Crippen molar-refractivity contribution in [2.75, 3.05) is 26.2 Å². The largest absolute Gasteiger partial charge is 0.342 e. The molecule has 166 valence electrons. The van der Waals surface area contributed by atoms with Crippen molar-refractivity contribution in [2.45, 2.75) is 46.5 Å². The number of amides is 2. The zero-order valence-electron chi connectivity index (χ0n) is 18.6. The predicted molar refractivity (Wildman–Crippen MR) is 122 cm³/mol. The van der Waals surface area contributed by atoms with E-state index in [2.05, 4.69) is 12.0 Å². The van der Waals surface area contributed by atoms with Gasteiger partial charge in [-0.2, -0.15) is 5.10 Å². The van der Waals surface area contributed by atoms with Crippen molar-refractivity contribution in [3.63, 3.8) is 0 Å². The van der Waals surface area contributed by atoms with Crippen LogP contribution in [0.1, 0.15) is 54.4 Å². The molecule has 0 aliphatic carbocycles. The number of piperidine rings is 2. The summed E-state index contributed by atoms with van der Waals surface area (Å²) in [6, 6.07) is 7.48. The molecule has 2 aromatic rings. The topological polar surface area (TPSA) is 58.4 Å².